The molecule has 0 bridgehead atoms. The molecule has 2 nitrogen and oxygen atoms in total. The van der Waals surface area contributed by atoms with Crippen LogP contribution in [0.5, 0.6) is 0 Å². The van der Waals surface area contributed by atoms with Crippen molar-refractivity contribution in [2.24, 2.45) is 7.05 Å². The maximum absolute atomic E-state index is 10.4. The maximum Gasteiger partial charge on any atom is 0.179 e. The molecule has 0 spiro atoms. The van der Waals surface area contributed by atoms with E-state index in [-0.39, 0.29) is 0 Å². The highest BCUT2D eigenvalue weighted by Crippen LogP contribution is 2.35. The van der Waals surface area contributed by atoms with Gasteiger partial charge in [0.1, 0.15) is 0 Å². The first-order valence-electron chi connectivity index (χ1n) is 28.1. The van der Waals surface area contributed by atoms with E-state index in [1.54, 1.807) is 0 Å². The molecule has 0 aliphatic carbocycles. The number of aryl methyl sites for hydroxylation is 1. The molecule has 0 atom stereocenters. The number of hydrogen-bond donors (Lipinski definition) is 0. The van der Waals surface area contributed by atoms with Crippen LogP contribution in [0.3, 0.4) is 0 Å². The normalized spacial score (nSPS) is 20.8. The van der Waals surface area contributed by atoms with Gasteiger partial charge in [0.25, 0.3) is 0 Å². The number of fused-ring (bicyclic) bond motifs is 6. The Morgan fingerprint density at radius 1 is 0.391 bits per heavy atom. The Morgan fingerprint density at radius 2 is 0.826 bits per heavy atom. The minimum absolute atomic E-state index is 0.451. The van der Waals surface area contributed by atoms with Gasteiger partial charge in [-0.25, -0.2) is 0 Å². The van der Waals surface area contributed by atoms with Crippen LogP contribution in [0.25, 0.3) is 49.3 Å². The van der Waals surface area contributed by atoms with Crippen LogP contribution in [0.1, 0.15) is 39.8 Å². The zero-order valence-electron chi connectivity index (χ0n) is 52.4. The zero-order valence-corrected chi connectivity index (χ0v) is 24.4. The first-order valence-corrected chi connectivity index (χ1v) is 15.6. The van der Waals surface area contributed by atoms with Crippen molar-refractivity contribution in [1.29, 1.82) is 0 Å². The molecule has 9 aromatic rings. The minimum Gasteiger partial charge on any atom is -0.344 e. The molecule has 0 N–H and O–H groups in total. The van der Waals surface area contributed by atoms with Gasteiger partial charge in [-0.15, -0.1) is 0 Å². The third-order valence-corrected chi connectivity index (χ3v) is 11.7. The molecule has 0 radical (unpaired) electrons. The quantitative estimate of drug-likeness (QED) is 0.135. The molecule has 0 saturated carbocycles. The molecule has 0 aliphatic rings. The first-order chi connectivity index (χ1) is 34.8. The summed E-state index contributed by atoms with van der Waals surface area (Å²) in [5, 5.41) is -6.54. The van der Waals surface area contributed by atoms with Crippen molar-refractivity contribution in [3.8, 4) is 5.69 Å². The summed E-state index contributed by atoms with van der Waals surface area (Å²) in [4.78, 5) is 0. The molecule has 0 amide bonds. The molecule has 46 heavy (non-hydrogen) atoms. The summed E-state index contributed by atoms with van der Waals surface area (Å²) in [5.74, 6) is 0. The van der Waals surface area contributed by atoms with Crippen LogP contribution in [0.4, 0.5) is 0 Å². The summed E-state index contributed by atoms with van der Waals surface area (Å²) >= 11 is 0. The summed E-state index contributed by atoms with van der Waals surface area (Å²) in [6.45, 7) is 0. The number of benzene rings is 7. The van der Waals surface area contributed by atoms with Crippen LogP contribution >= 0.6 is 0 Å². The number of nitrogens with zero attached hydrogens (tertiary/aromatic N) is 2. The van der Waals surface area contributed by atoms with Crippen molar-refractivity contribution in [2.45, 2.75) is 0 Å². The Morgan fingerprint density at radius 3 is 1.35 bits per heavy atom. The fourth-order valence-electron chi connectivity index (χ4n) is 5.77. The third kappa shape index (κ3) is 3.82. The number of hydrogen-bond acceptors (Lipinski definition) is 0. The maximum atomic E-state index is 10.4. The molecule has 0 saturated heterocycles. The van der Waals surface area contributed by atoms with Crippen molar-refractivity contribution in [2.75, 3.05) is 0 Å². The van der Waals surface area contributed by atoms with Crippen LogP contribution in [0, 0.1) is 0 Å². The molecular weight excluding hydrogens is 573 g/mol. The predicted octanol–water partition coefficient (Wildman–Crippen LogP) is 7.81. The summed E-state index contributed by atoms with van der Waals surface area (Å²) in [6.07, 6.45) is 0. The van der Waals surface area contributed by atoms with Gasteiger partial charge in [-0.3, -0.25) is 0 Å². The van der Waals surface area contributed by atoms with Crippen LogP contribution in [-0.4, -0.2) is 17.2 Å². The van der Waals surface area contributed by atoms with E-state index >= 15 is 0 Å². The van der Waals surface area contributed by atoms with Crippen molar-refractivity contribution in [3.63, 3.8) is 0 Å². The average Bonchev–Trinajstić information content (AvgIpc) is 3.93. The second-order valence-electron chi connectivity index (χ2n) is 10.0. The highest BCUT2D eigenvalue weighted by atomic mass is 28.3. The molecule has 0 unspecified atom stereocenters. The highest BCUT2D eigenvalue weighted by molar-refractivity contribution is 7.20. The van der Waals surface area contributed by atoms with Crippen LogP contribution in [0.15, 0.2) is 175 Å². The van der Waals surface area contributed by atoms with Crippen molar-refractivity contribution in [1.82, 2.24) is 9.13 Å². The molecule has 218 valence electrons. The molecule has 9 rings (SSSR count). The minimum atomic E-state index is -6.29. The first kappa shape index (κ1) is 10.4. The smallest absolute Gasteiger partial charge is 0.179 e. The monoisotopic (exact) mass is 633 g/mol. The van der Waals surface area contributed by atoms with Gasteiger partial charge in [0.05, 0.1) is 50.8 Å². The van der Waals surface area contributed by atoms with Gasteiger partial charge in [0.15, 0.2) is 8.07 Å². The Balaban J connectivity index is 1.67. The van der Waals surface area contributed by atoms with Crippen molar-refractivity contribution < 1.29 is 39.8 Å². The van der Waals surface area contributed by atoms with E-state index < -0.39 is 253 Å². The van der Waals surface area contributed by atoms with Gasteiger partial charge in [0.2, 0.25) is 0 Å². The van der Waals surface area contributed by atoms with E-state index in [0.717, 1.165) is 9.13 Å². The lowest BCUT2D eigenvalue weighted by atomic mass is 10.1. The zero-order chi connectivity index (χ0) is 55.9. The molecule has 2 heterocycles. The topological polar surface area (TPSA) is 9.86 Å². The average molecular weight is 634 g/mol. The van der Waals surface area contributed by atoms with Crippen LogP contribution in [0.2, 0.25) is 0 Å². The van der Waals surface area contributed by atoms with E-state index in [9.17, 15) is 16.4 Å². The van der Waals surface area contributed by atoms with Gasteiger partial charge in [-0.2, -0.15) is 0 Å². The summed E-state index contributed by atoms with van der Waals surface area (Å²) < 4.78 is 266. The third-order valence-electron chi connectivity index (χ3n) is 7.75. The largest absolute Gasteiger partial charge is 0.344 e. The molecule has 3 heteroatoms. The highest BCUT2D eigenvalue weighted by Gasteiger charge is 2.41. The Hall–Kier alpha value is -5.64. The Bertz CT molecular complexity index is 3860. The van der Waals surface area contributed by atoms with E-state index in [1.165, 1.54) is 7.05 Å². The summed E-state index contributed by atoms with van der Waals surface area (Å²) in [5.41, 5.74) is -2.91. The van der Waals surface area contributed by atoms with Crippen molar-refractivity contribution >= 4 is 72.4 Å². The second kappa shape index (κ2) is 10.5. The Labute approximate surface area is 310 Å². The van der Waals surface area contributed by atoms with Gasteiger partial charge in [-0.05, 0) is 57.0 Å². The number of rotatable bonds is 5. The van der Waals surface area contributed by atoms with E-state index in [2.05, 4.69) is 0 Å². The summed E-state index contributed by atoms with van der Waals surface area (Å²) in [6, 6.07) is -30.2. The Kier molecular flexibility index (Phi) is 2.38. The van der Waals surface area contributed by atoms with Crippen LogP contribution < -0.4 is 20.7 Å². The van der Waals surface area contributed by atoms with Gasteiger partial charge in [0, 0.05) is 45.3 Å². The predicted molar refractivity (Wildman–Crippen MR) is 198 cm³/mol. The number of para-hydroxylation sites is 2. The fourth-order valence-corrected chi connectivity index (χ4v) is 9.33. The lowest BCUT2D eigenvalue weighted by molar-refractivity contribution is 1.01. The van der Waals surface area contributed by atoms with E-state index in [0.29, 0.717) is 0 Å². The number of aromatic nitrogens is 2. The van der Waals surface area contributed by atoms with Crippen molar-refractivity contribution in [3.05, 3.63) is 175 Å². The van der Waals surface area contributed by atoms with Gasteiger partial charge >= 0.3 is 0 Å². The van der Waals surface area contributed by atoms with E-state index in [1.807, 2.05) is 0 Å². The summed E-state index contributed by atoms with van der Waals surface area (Å²) in [7, 11) is -5.09. The molecular formula is C43H32N2Si. The molecule has 7 aromatic carbocycles. The van der Waals surface area contributed by atoms with Gasteiger partial charge < -0.3 is 9.13 Å². The molecule has 0 aliphatic heterocycles. The molecule has 0 fully saturated rings. The standard InChI is InChI=1S/C43H32N2Si/c1-44-40-27-25-31(45-42-23-13-11-21-36(42)37-22-12-14-24-43(37)45)29-38(40)39-30-35(26-28-41(39)44)46(32-15-5-2-6-16-32,33-17-7-3-8-18-33)34-19-9-4-10-20-34/h2-30H,1H3/i2D,3D,4D,5D,6D,7D,8D,9D,10D,11D,12D,13D,14D,15D,16D,17D,18D,19D,20D,21D,22D,23D,24D,25D,26D,27D,28D,29D,30D. The second-order valence-corrected chi connectivity index (χ2v) is 13.5. The van der Waals surface area contributed by atoms with Gasteiger partial charge in [-0.1, -0.05) is 139 Å². The molecule has 2 aromatic heterocycles. The fraction of sp³-hybridized carbons (Fsp3) is 0.0233. The van der Waals surface area contributed by atoms with Crippen LogP contribution in [-0.2, 0) is 7.05 Å². The SMILES string of the molecule is [2H]c1c([2H])c([2H])c([Si](c2c([2H])c([2H])c([2H])c([2H])c2[2H])(c2c([2H])c([2H])c([2H])c([2H])c2[2H])c2c([2H])c([2H])c3c(c2[2H])c2c([2H])c(-n4c5c([2H])c([2H])c([2H])c([2H])c5c5c([2H])c([2H])c([2H])c([2H])c54)c([2H])c([2H])c2n3C)c([2H])c1[2H]. The van der Waals surface area contributed by atoms with E-state index in [4.69, 9.17) is 23.3 Å². The lowest BCUT2D eigenvalue weighted by Gasteiger charge is -2.34. The lowest BCUT2D eigenvalue weighted by Crippen LogP contribution is -2.74.